The maximum Gasteiger partial charge on any atom is 0.258 e. The van der Waals surface area contributed by atoms with Gasteiger partial charge in [0.2, 0.25) is 0 Å². The number of hydrogen-bond acceptors (Lipinski definition) is 5. The van der Waals surface area contributed by atoms with Crippen LogP contribution in [-0.4, -0.2) is 32.3 Å². The van der Waals surface area contributed by atoms with Crippen molar-refractivity contribution < 1.29 is 23.7 Å². The summed E-state index contributed by atoms with van der Waals surface area (Å²) in [6.45, 7) is 6.71. The van der Waals surface area contributed by atoms with Gasteiger partial charge in [-0.2, -0.15) is 0 Å². The summed E-state index contributed by atoms with van der Waals surface area (Å²) in [5.74, 6) is 2.51. The van der Waals surface area contributed by atoms with E-state index in [1.807, 2.05) is 57.2 Å². The third kappa shape index (κ3) is 5.26. The van der Waals surface area contributed by atoms with E-state index in [0.29, 0.717) is 24.7 Å². The molecule has 1 atom stereocenters. The third-order valence-electron chi connectivity index (χ3n) is 4.76. The van der Waals surface area contributed by atoms with Crippen LogP contribution < -0.4 is 24.3 Å². The first kappa shape index (κ1) is 21.6. The molecule has 1 unspecified atom stereocenters. The molecule has 30 heavy (non-hydrogen) atoms. The molecular formula is C24H29NO5. The van der Waals surface area contributed by atoms with Crippen LogP contribution in [0.5, 0.6) is 23.0 Å². The van der Waals surface area contributed by atoms with E-state index < -0.39 is 0 Å². The number of methoxy groups -OCH3 is 1. The van der Waals surface area contributed by atoms with Gasteiger partial charge in [-0.1, -0.05) is 18.2 Å². The van der Waals surface area contributed by atoms with Crippen LogP contribution in [0.1, 0.15) is 37.5 Å². The van der Waals surface area contributed by atoms with Crippen molar-refractivity contribution in [2.24, 2.45) is 0 Å². The fourth-order valence-electron chi connectivity index (χ4n) is 3.40. The highest BCUT2D eigenvalue weighted by Crippen LogP contribution is 2.35. The van der Waals surface area contributed by atoms with Gasteiger partial charge in [0.25, 0.3) is 5.91 Å². The normalized spacial score (nSPS) is 14.9. The maximum atomic E-state index is 12.4. The van der Waals surface area contributed by atoms with Crippen LogP contribution in [-0.2, 0) is 17.8 Å². The van der Waals surface area contributed by atoms with E-state index in [-0.39, 0.29) is 18.6 Å². The Bertz CT molecular complexity index is 922. The molecule has 0 saturated carbocycles. The second-order valence-corrected chi connectivity index (χ2v) is 7.11. The molecule has 0 fully saturated rings. The number of carbonyl (C=O) groups excluding carboxylic acids is 1. The Morgan fingerprint density at radius 3 is 2.77 bits per heavy atom. The largest absolute Gasteiger partial charge is 0.494 e. The van der Waals surface area contributed by atoms with Crippen molar-refractivity contribution in [2.75, 3.05) is 20.3 Å². The summed E-state index contributed by atoms with van der Waals surface area (Å²) < 4.78 is 22.6. The van der Waals surface area contributed by atoms with Gasteiger partial charge in [-0.15, -0.1) is 0 Å². The Kier molecular flexibility index (Phi) is 7.22. The first-order chi connectivity index (χ1) is 14.5. The zero-order valence-corrected chi connectivity index (χ0v) is 18.0. The predicted molar refractivity (Wildman–Crippen MR) is 116 cm³/mol. The van der Waals surface area contributed by atoms with E-state index >= 15 is 0 Å². The minimum absolute atomic E-state index is 0.109. The topological polar surface area (TPSA) is 66.0 Å². The number of allylic oxidation sites excluding steroid dienone is 1. The zero-order valence-electron chi connectivity index (χ0n) is 18.0. The van der Waals surface area contributed by atoms with E-state index in [9.17, 15) is 4.79 Å². The van der Waals surface area contributed by atoms with E-state index in [2.05, 4.69) is 5.32 Å². The molecular weight excluding hydrogens is 382 g/mol. The number of benzene rings is 2. The van der Waals surface area contributed by atoms with Crippen LogP contribution in [0.2, 0.25) is 0 Å². The van der Waals surface area contributed by atoms with Crippen LogP contribution in [0.3, 0.4) is 0 Å². The van der Waals surface area contributed by atoms with Gasteiger partial charge in [0.05, 0.1) is 13.7 Å². The number of ether oxygens (including phenoxy) is 4. The minimum atomic E-state index is -0.230. The van der Waals surface area contributed by atoms with Gasteiger partial charge < -0.3 is 24.3 Å². The molecule has 160 valence electrons. The molecule has 0 bridgehead atoms. The molecule has 0 aliphatic carbocycles. The zero-order chi connectivity index (χ0) is 21.5. The summed E-state index contributed by atoms with van der Waals surface area (Å²) in [6.07, 6.45) is 4.94. The van der Waals surface area contributed by atoms with Gasteiger partial charge in [0.15, 0.2) is 18.1 Å². The van der Waals surface area contributed by atoms with Crippen molar-refractivity contribution in [3.05, 3.63) is 53.1 Å². The van der Waals surface area contributed by atoms with Crippen molar-refractivity contribution in [3.8, 4) is 23.0 Å². The second-order valence-electron chi connectivity index (χ2n) is 7.11. The second kappa shape index (κ2) is 10.1. The number of fused-ring (bicyclic) bond motifs is 1. The van der Waals surface area contributed by atoms with E-state index in [1.54, 1.807) is 13.2 Å². The van der Waals surface area contributed by atoms with Gasteiger partial charge in [-0.3, -0.25) is 4.79 Å². The van der Waals surface area contributed by atoms with Crippen LogP contribution in [0.15, 0.2) is 36.4 Å². The highest BCUT2D eigenvalue weighted by Gasteiger charge is 2.22. The van der Waals surface area contributed by atoms with E-state index in [1.165, 1.54) is 0 Å². The molecule has 0 spiro atoms. The van der Waals surface area contributed by atoms with Gasteiger partial charge in [-0.25, -0.2) is 0 Å². The van der Waals surface area contributed by atoms with Crippen LogP contribution in [0.25, 0.3) is 6.08 Å². The Morgan fingerprint density at radius 2 is 2.03 bits per heavy atom. The van der Waals surface area contributed by atoms with Crippen molar-refractivity contribution in [3.63, 3.8) is 0 Å². The van der Waals surface area contributed by atoms with Crippen LogP contribution in [0.4, 0.5) is 0 Å². The number of carbonyl (C=O) groups is 1. The van der Waals surface area contributed by atoms with E-state index in [4.69, 9.17) is 18.9 Å². The number of nitrogens with one attached hydrogen (secondary N) is 1. The molecule has 0 saturated heterocycles. The molecule has 0 aromatic heterocycles. The molecule has 2 aromatic carbocycles. The van der Waals surface area contributed by atoms with Gasteiger partial charge >= 0.3 is 0 Å². The Balaban J connectivity index is 1.61. The highest BCUT2D eigenvalue weighted by molar-refractivity contribution is 5.77. The van der Waals surface area contributed by atoms with Crippen molar-refractivity contribution in [2.45, 2.75) is 39.8 Å². The Hall–Kier alpha value is -3.15. The summed E-state index contributed by atoms with van der Waals surface area (Å²) in [5.41, 5.74) is 3.02. The first-order valence-electron chi connectivity index (χ1n) is 10.2. The lowest BCUT2D eigenvalue weighted by molar-refractivity contribution is -0.123. The van der Waals surface area contributed by atoms with Gasteiger partial charge in [0, 0.05) is 24.1 Å². The number of amides is 1. The first-order valence-corrected chi connectivity index (χ1v) is 10.2. The standard InChI is InChI=1S/C24H29NO5/c1-5-7-17-8-9-20(23(11-17)27-4)29-15-24(26)25-14-19-13-22-18(10-16(3)30-22)12-21(19)28-6-2/h5,7-9,11-13,16H,6,10,14-15H2,1-4H3,(H,25,26). The van der Waals surface area contributed by atoms with E-state index in [0.717, 1.165) is 34.6 Å². The quantitative estimate of drug-likeness (QED) is 0.672. The molecule has 2 aromatic rings. The summed E-state index contributed by atoms with van der Waals surface area (Å²) in [5, 5.41) is 2.89. The third-order valence-corrected chi connectivity index (χ3v) is 4.76. The molecule has 3 rings (SSSR count). The fraction of sp³-hybridized carbons (Fsp3) is 0.375. The number of hydrogen-bond donors (Lipinski definition) is 1. The minimum Gasteiger partial charge on any atom is -0.494 e. The lowest BCUT2D eigenvalue weighted by atomic mass is 10.1. The summed E-state index contributed by atoms with van der Waals surface area (Å²) in [4.78, 5) is 12.4. The molecule has 1 aliphatic rings. The number of rotatable bonds is 9. The lowest BCUT2D eigenvalue weighted by Crippen LogP contribution is -2.28. The fourth-order valence-corrected chi connectivity index (χ4v) is 3.40. The van der Waals surface area contributed by atoms with Crippen LogP contribution >= 0.6 is 0 Å². The Labute approximate surface area is 177 Å². The van der Waals surface area contributed by atoms with Crippen molar-refractivity contribution in [1.82, 2.24) is 5.32 Å². The van der Waals surface area contributed by atoms with Gasteiger partial charge in [0.1, 0.15) is 17.6 Å². The van der Waals surface area contributed by atoms with Gasteiger partial charge in [-0.05, 0) is 50.6 Å². The van der Waals surface area contributed by atoms with Crippen LogP contribution in [0, 0.1) is 0 Å². The highest BCUT2D eigenvalue weighted by atomic mass is 16.5. The summed E-state index contributed by atoms with van der Waals surface area (Å²) in [6, 6.07) is 9.54. The molecule has 1 amide bonds. The molecule has 6 heteroatoms. The van der Waals surface area contributed by atoms with Crippen molar-refractivity contribution >= 4 is 12.0 Å². The average molecular weight is 411 g/mol. The monoisotopic (exact) mass is 411 g/mol. The molecule has 0 radical (unpaired) electrons. The molecule has 1 N–H and O–H groups in total. The SMILES string of the molecule is CC=Cc1ccc(OCC(=O)NCc2cc3c(cc2OCC)CC(C)O3)c(OC)c1. The summed E-state index contributed by atoms with van der Waals surface area (Å²) in [7, 11) is 1.58. The van der Waals surface area contributed by atoms with Crippen molar-refractivity contribution in [1.29, 1.82) is 0 Å². The Morgan fingerprint density at radius 1 is 1.20 bits per heavy atom. The maximum absolute atomic E-state index is 12.4. The molecule has 1 aliphatic heterocycles. The smallest absolute Gasteiger partial charge is 0.258 e. The molecule has 1 heterocycles. The predicted octanol–water partition coefficient (Wildman–Crippen LogP) is 4.15. The summed E-state index contributed by atoms with van der Waals surface area (Å²) >= 11 is 0. The average Bonchev–Trinajstić information content (AvgIpc) is 3.10. The molecule has 6 nitrogen and oxygen atoms in total. The lowest BCUT2D eigenvalue weighted by Gasteiger charge is -2.14.